The fourth-order valence-electron chi connectivity index (χ4n) is 2.79. The Morgan fingerprint density at radius 2 is 1.57 bits per heavy atom. The summed E-state index contributed by atoms with van der Waals surface area (Å²) >= 11 is 0. The molecule has 116 valence electrons. The lowest BCUT2D eigenvalue weighted by Crippen LogP contribution is -2.53. The summed E-state index contributed by atoms with van der Waals surface area (Å²) in [5, 5.41) is 1.21. The Balaban J connectivity index is 3.27. The van der Waals surface area contributed by atoms with E-state index in [1.165, 1.54) is 5.19 Å². The van der Waals surface area contributed by atoms with Crippen molar-refractivity contribution in [2.45, 2.75) is 46.7 Å². The highest BCUT2D eigenvalue weighted by atomic mass is 28.4. The molecule has 1 rings (SSSR count). The summed E-state index contributed by atoms with van der Waals surface area (Å²) in [4.78, 5) is 12.2. The van der Waals surface area contributed by atoms with Crippen LogP contribution in [0.25, 0.3) is 0 Å². The molecule has 3 heteroatoms. The summed E-state index contributed by atoms with van der Waals surface area (Å²) < 4.78 is 6.11. The first-order valence-electron chi connectivity index (χ1n) is 7.71. The van der Waals surface area contributed by atoms with Crippen molar-refractivity contribution in [1.82, 2.24) is 0 Å². The van der Waals surface area contributed by atoms with Gasteiger partial charge < -0.3 is 4.43 Å². The highest BCUT2D eigenvalue weighted by molar-refractivity contribution is 6.87. The van der Waals surface area contributed by atoms with Gasteiger partial charge in [-0.3, -0.25) is 0 Å². The van der Waals surface area contributed by atoms with Gasteiger partial charge in [-0.2, -0.15) is 0 Å². The summed E-state index contributed by atoms with van der Waals surface area (Å²) in [6.07, 6.45) is 0. The number of benzene rings is 1. The van der Waals surface area contributed by atoms with Gasteiger partial charge in [-0.05, 0) is 36.0 Å². The van der Waals surface area contributed by atoms with E-state index in [2.05, 4.69) is 46.4 Å². The maximum atomic E-state index is 12.2. The zero-order valence-electron chi connectivity index (χ0n) is 14.0. The molecule has 0 aliphatic heterocycles. The van der Waals surface area contributed by atoms with Crippen molar-refractivity contribution < 1.29 is 9.22 Å². The minimum absolute atomic E-state index is 0.244. The van der Waals surface area contributed by atoms with Crippen molar-refractivity contribution >= 4 is 19.5 Å². The summed E-state index contributed by atoms with van der Waals surface area (Å²) in [6.45, 7) is 14.2. The molecular weight excluding hydrogens is 276 g/mol. The molecule has 0 unspecified atom stereocenters. The Hall–Kier alpha value is -1.35. The monoisotopic (exact) mass is 304 g/mol. The van der Waals surface area contributed by atoms with Gasteiger partial charge in [0.2, 0.25) is 0 Å². The van der Waals surface area contributed by atoms with Gasteiger partial charge in [0.25, 0.3) is 8.32 Å². The van der Waals surface area contributed by atoms with Gasteiger partial charge in [-0.15, -0.1) is 0 Å². The fourth-order valence-corrected chi connectivity index (χ4v) is 7.68. The van der Waals surface area contributed by atoms with Crippen molar-refractivity contribution in [2.24, 2.45) is 11.8 Å². The lowest BCUT2D eigenvalue weighted by molar-refractivity contribution is -0.130. The molecule has 21 heavy (non-hydrogen) atoms. The van der Waals surface area contributed by atoms with Crippen molar-refractivity contribution in [3.8, 4) is 0 Å². The summed E-state index contributed by atoms with van der Waals surface area (Å²) in [5.74, 6) is 0.744. The average Bonchev–Trinajstić information content (AvgIpc) is 2.37. The second-order valence-corrected chi connectivity index (χ2v) is 10.3. The van der Waals surface area contributed by atoms with E-state index < -0.39 is 8.32 Å². The summed E-state index contributed by atoms with van der Waals surface area (Å²) in [6, 6.07) is 12.2. The average molecular weight is 305 g/mol. The molecule has 0 N–H and O–H groups in total. The van der Waals surface area contributed by atoms with Gasteiger partial charge in [0, 0.05) is 5.57 Å². The first-order chi connectivity index (χ1) is 9.77. The molecule has 1 aromatic rings. The second kappa shape index (κ2) is 7.60. The third-order valence-electron chi connectivity index (χ3n) is 3.41. The van der Waals surface area contributed by atoms with E-state index in [0.29, 0.717) is 17.4 Å². The van der Waals surface area contributed by atoms with Crippen molar-refractivity contribution in [2.75, 3.05) is 0 Å². The minimum Gasteiger partial charge on any atom is -0.511 e. The molecule has 0 atom stereocenters. The molecule has 0 bridgehead atoms. The van der Waals surface area contributed by atoms with Gasteiger partial charge >= 0.3 is 5.97 Å². The van der Waals surface area contributed by atoms with E-state index in [1.54, 1.807) is 6.92 Å². The van der Waals surface area contributed by atoms with Crippen LogP contribution < -0.4 is 5.19 Å². The molecule has 0 aromatic heterocycles. The standard InChI is InChI=1S/C18H28O2Si/c1-14(2)12-21(13-15(3)4,20-18(19)16(5)6)17-10-8-7-9-11-17/h7-11,14-15H,5,12-13H2,1-4,6H3. The van der Waals surface area contributed by atoms with E-state index in [9.17, 15) is 4.79 Å². The topological polar surface area (TPSA) is 26.3 Å². The van der Waals surface area contributed by atoms with Gasteiger partial charge in [-0.1, -0.05) is 64.6 Å². The van der Waals surface area contributed by atoms with Crippen molar-refractivity contribution in [3.05, 3.63) is 42.5 Å². The van der Waals surface area contributed by atoms with Gasteiger partial charge in [0.15, 0.2) is 0 Å². The molecular formula is C18H28O2Si. The molecule has 1 aromatic carbocycles. The van der Waals surface area contributed by atoms with Crippen molar-refractivity contribution in [3.63, 3.8) is 0 Å². The predicted octanol–water partition coefficient (Wildman–Crippen LogP) is 4.27. The van der Waals surface area contributed by atoms with E-state index in [0.717, 1.165) is 12.1 Å². The zero-order valence-corrected chi connectivity index (χ0v) is 15.0. The number of hydrogen-bond acceptors (Lipinski definition) is 2. The fraction of sp³-hybridized carbons (Fsp3) is 0.500. The van der Waals surface area contributed by atoms with Crippen LogP contribution in [0.15, 0.2) is 42.5 Å². The Morgan fingerprint density at radius 1 is 1.10 bits per heavy atom. The van der Waals surface area contributed by atoms with Crippen LogP contribution in [0.5, 0.6) is 0 Å². The molecule has 0 saturated carbocycles. The molecule has 0 heterocycles. The largest absolute Gasteiger partial charge is 0.511 e. The van der Waals surface area contributed by atoms with Gasteiger partial charge in [0.1, 0.15) is 0 Å². The number of carbonyl (C=O) groups excluding carboxylic acids is 1. The first-order valence-corrected chi connectivity index (χ1v) is 10.0. The zero-order chi connectivity index (χ0) is 16.0. The number of hydrogen-bond donors (Lipinski definition) is 0. The third-order valence-corrected chi connectivity index (χ3v) is 8.33. The molecule has 0 amide bonds. The maximum absolute atomic E-state index is 12.2. The molecule has 0 fully saturated rings. The predicted molar refractivity (Wildman–Crippen MR) is 92.0 cm³/mol. The molecule has 0 aliphatic carbocycles. The van der Waals surface area contributed by atoms with Crippen LogP contribution in [0.2, 0.25) is 12.1 Å². The molecule has 0 radical (unpaired) electrons. The Kier molecular flexibility index (Phi) is 6.40. The van der Waals surface area contributed by atoms with Crippen LogP contribution in [0.1, 0.15) is 34.6 Å². The van der Waals surface area contributed by atoms with E-state index >= 15 is 0 Å². The number of carbonyl (C=O) groups is 1. The smallest absolute Gasteiger partial charge is 0.320 e. The van der Waals surface area contributed by atoms with Gasteiger partial charge in [0.05, 0.1) is 0 Å². The van der Waals surface area contributed by atoms with Crippen LogP contribution in [0.3, 0.4) is 0 Å². The van der Waals surface area contributed by atoms with Crippen LogP contribution in [-0.2, 0) is 9.22 Å². The highest BCUT2D eigenvalue weighted by Gasteiger charge is 2.42. The Bertz CT molecular complexity index is 467. The molecule has 0 spiro atoms. The van der Waals surface area contributed by atoms with Crippen LogP contribution in [0, 0.1) is 11.8 Å². The summed E-state index contributed by atoms with van der Waals surface area (Å²) in [5.41, 5.74) is 0.482. The molecule has 2 nitrogen and oxygen atoms in total. The maximum Gasteiger partial charge on any atom is 0.320 e. The van der Waals surface area contributed by atoms with E-state index in [-0.39, 0.29) is 5.97 Å². The van der Waals surface area contributed by atoms with Crippen molar-refractivity contribution in [1.29, 1.82) is 0 Å². The quantitative estimate of drug-likeness (QED) is 0.555. The lowest BCUT2D eigenvalue weighted by Gasteiger charge is -2.34. The van der Waals surface area contributed by atoms with Crippen LogP contribution >= 0.6 is 0 Å². The SMILES string of the molecule is C=C(C)C(=O)O[Si](CC(C)C)(CC(C)C)c1ccccc1. The van der Waals surface area contributed by atoms with Gasteiger partial charge in [-0.25, -0.2) is 4.79 Å². The first kappa shape index (κ1) is 17.7. The van der Waals surface area contributed by atoms with E-state index in [4.69, 9.17) is 4.43 Å². The minimum atomic E-state index is -2.33. The lowest BCUT2D eigenvalue weighted by atomic mass is 10.3. The van der Waals surface area contributed by atoms with Crippen LogP contribution in [-0.4, -0.2) is 14.3 Å². The second-order valence-electron chi connectivity index (χ2n) is 6.73. The normalized spacial score (nSPS) is 11.8. The Morgan fingerprint density at radius 3 is 1.95 bits per heavy atom. The Labute approximate surface area is 130 Å². The number of rotatable bonds is 7. The third kappa shape index (κ3) is 5.16. The summed E-state index contributed by atoms with van der Waals surface area (Å²) in [7, 11) is -2.33. The molecule has 0 aliphatic rings. The van der Waals surface area contributed by atoms with E-state index in [1.807, 2.05) is 18.2 Å². The molecule has 0 saturated heterocycles. The van der Waals surface area contributed by atoms with Crippen LogP contribution in [0.4, 0.5) is 0 Å². The highest BCUT2D eigenvalue weighted by Crippen LogP contribution is 2.27.